The molecule has 3 N–H and O–H groups in total. The summed E-state index contributed by atoms with van der Waals surface area (Å²) in [7, 11) is 4.39. The van der Waals surface area contributed by atoms with Crippen molar-refractivity contribution in [3.05, 3.63) is 41.5 Å². The van der Waals surface area contributed by atoms with E-state index < -0.39 is 24.0 Å². The van der Waals surface area contributed by atoms with Gasteiger partial charge in [-0.15, -0.1) is 0 Å². The number of alkyl halides is 3. The van der Waals surface area contributed by atoms with Crippen LogP contribution in [0.25, 0.3) is 11.2 Å². The van der Waals surface area contributed by atoms with E-state index in [4.69, 9.17) is 9.72 Å². The Hall–Kier alpha value is -3.32. The summed E-state index contributed by atoms with van der Waals surface area (Å²) >= 11 is 0. The van der Waals surface area contributed by atoms with Crippen LogP contribution >= 0.6 is 0 Å². The normalized spacial score (nSPS) is 23.3. The van der Waals surface area contributed by atoms with Crippen LogP contribution in [-0.2, 0) is 4.74 Å². The van der Waals surface area contributed by atoms with Gasteiger partial charge in [-0.1, -0.05) is 0 Å². The minimum atomic E-state index is -4.62. The predicted molar refractivity (Wildman–Crippen MR) is 122 cm³/mol. The van der Waals surface area contributed by atoms with Crippen molar-refractivity contribution < 1.29 is 27.8 Å². The maximum absolute atomic E-state index is 13.2. The van der Waals surface area contributed by atoms with Gasteiger partial charge < -0.3 is 34.8 Å². The van der Waals surface area contributed by atoms with E-state index in [9.17, 15) is 23.1 Å². The Bertz CT molecular complexity index is 1160. The average molecular weight is 496 g/mol. The molecular formula is C22H28F3N7O3. The van der Waals surface area contributed by atoms with Crippen LogP contribution in [0.1, 0.15) is 12.0 Å². The third kappa shape index (κ3) is 4.91. The van der Waals surface area contributed by atoms with E-state index in [1.807, 2.05) is 18.0 Å². The van der Waals surface area contributed by atoms with Gasteiger partial charge >= 0.3 is 12.2 Å². The van der Waals surface area contributed by atoms with Gasteiger partial charge in [-0.3, -0.25) is 0 Å². The molecule has 2 aliphatic heterocycles. The van der Waals surface area contributed by atoms with Gasteiger partial charge in [0, 0.05) is 46.7 Å². The molecule has 1 saturated heterocycles. The van der Waals surface area contributed by atoms with Gasteiger partial charge in [0.2, 0.25) is 0 Å². The second-order valence-electron chi connectivity index (χ2n) is 8.74. The Morgan fingerprint density at radius 3 is 2.83 bits per heavy atom. The van der Waals surface area contributed by atoms with E-state index in [1.54, 1.807) is 20.4 Å². The summed E-state index contributed by atoms with van der Waals surface area (Å²) in [4.78, 5) is 29.5. The molecule has 2 aromatic rings. The number of hydrogen-bond acceptors (Lipinski definition) is 7. The molecule has 35 heavy (non-hydrogen) atoms. The molecule has 4 rings (SSSR count). The Kier molecular flexibility index (Phi) is 6.64. The zero-order chi connectivity index (χ0) is 25.5. The topological polar surface area (TPSA) is 110 Å². The lowest BCUT2D eigenvalue weighted by Crippen LogP contribution is -2.57. The Labute approximate surface area is 200 Å². The van der Waals surface area contributed by atoms with Crippen molar-refractivity contribution in [1.82, 2.24) is 30.1 Å². The second-order valence-corrected chi connectivity index (χ2v) is 8.74. The predicted octanol–water partition coefficient (Wildman–Crippen LogP) is 2.10. The first-order valence-corrected chi connectivity index (χ1v) is 11.0. The SMILES string of the molecule is COC1CN(c2cnc3[nH]cc(C)c3n2)CCC1N(C)C(=O)NC1=CC(C(F)(F)F)=CN(C)C1O. The largest absolute Gasteiger partial charge is 0.417 e. The number of nitrogens with one attached hydrogen (secondary N) is 2. The maximum Gasteiger partial charge on any atom is 0.417 e. The monoisotopic (exact) mass is 495 g/mol. The summed E-state index contributed by atoms with van der Waals surface area (Å²) in [5.74, 6) is 0.692. The summed E-state index contributed by atoms with van der Waals surface area (Å²) in [6.07, 6.45) is -0.831. The van der Waals surface area contributed by atoms with E-state index in [-0.39, 0.29) is 17.8 Å². The molecule has 0 saturated carbocycles. The van der Waals surface area contributed by atoms with Gasteiger partial charge in [-0.05, 0) is 25.0 Å². The van der Waals surface area contributed by atoms with Gasteiger partial charge in [-0.25, -0.2) is 14.8 Å². The highest BCUT2D eigenvalue weighted by Crippen LogP contribution is 2.31. The molecule has 0 aliphatic carbocycles. The smallest absolute Gasteiger partial charge is 0.377 e. The number of likely N-dealkylation sites (N-methyl/N-ethyl adjacent to an activating group) is 2. The maximum atomic E-state index is 13.2. The van der Waals surface area contributed by atoms with Crippen LogP contribution in [0.4, 0.5) is 23.8 Å². The van der Waals surface area contributed by atoms with E-state index in [2.05, 4.69) is 15.3 Å². The fourth-order valence-corrected chi connectivity index (χ4v) is 4.35. The minimum Gasteiger partial charge on any atom is -0.377 e. The number of aryl methyl sites for hydroxylation is 1. The van der Waals surface area contributed by atoms with Gasteiger partial charge in [0.05, 0.1) is 29.6 Å². The number of hydrogen-bond donors (Lipinski definition) is 3. The quantitative estimate of drug-likeness (QED) is 0.596. The van der Waals surface area contributed by atoms with Gasteiger partial charge in [0.15, 0.2) is 11.9 Å². The number of ether oxygens (including phenoxy) is 1. The number of aromatic nitrogens is 3. The highest BCUT2D eigenvalue weighted by atomic mass is 19.4. The molecule has 3 atom stereocenters. The van der Waals surface area contributed by atoms with Crippen LogP contribution < -0.4 is 10.2 Å². The van der Waals surface area contributed by atoms with Crippen LogP contribution in [0.2, 0.25) is 0 Å². The number of carbonyl (C=O) groups excluding carboxylic acids is 1. The van der Waals surface area contributed by atoms with Crippen LogP contribution in [0.5, 0.6) is 0 Å². The first kappa shape index (κ1) is 24.8. The standard InChI is InChI=1S/C22H28F3N7O3/c1-12-8-26-19-18(12)29-17(9-27-19)32-6-5-15(16(11-32)35-4)31(3)21(34)28-14-7-13(22(23,24)25)10-30(2)20(14)33/h7-10,15-16,20,33H,5-6,11H2,1-4H3,(H,26,27)(H,28,34). The fraction of sp³-hybridized carbons (Fsp3) is 0.500. The number of carbonyl (C=O) groups is 1. The minimum absolute atomic E-state index is 0.254. The number of H-pyrrole nitrogens is 1. The summed E-state index contributed by atoms with van der Waals surface area (Å²) in [5.41, 5.74) is 1.25. The number of methoxy groups -OCH3 is 1. The van der Waals surface area contributed by atoms with Crippen molar-refractivity contribution in [2.75, 3.05) is 39.2 Å². The molecule has 1 fully saturated rings. The molecule has 3 unspecified atom stereocenters. The van der Waals surface area contributed by atoms with Gasteiger partial charge in [0.1, 0.15) is 11.3 Å². The fourth-order valence-electron chi connectivity index (χ4n) is 4.35. The van der Waals surface area contributed by atoms with Crippen LogP contribution in [0.3, 0.4) is 0 Å². The Morgan fingerprint density at radius 1 is 1.40 bits per heavy atom. The number of amides is 2. The van der Waals surface area contributed by atoms with Gasteiger partial charge in [0.25, 0.3) is 0 Å². The summed E-state index contributed by atoms with van der Waals surface area (Å²) in [6, 6.07) is -0.990. The van der Waals surface area contributed by atoms with E-state index in [0.29, 0.717) is 31.0 Å². The number of nitrogens with zero attached hydrogens (tertiary/aromatic N) is 5. The lowest BCUT2D eigenvalue weighted by Gasteiger charge is -2.42. The van der Waals surface area contributed by atoms with Crippen molar-refractivity contribution in [2.45, 2.75) is 37.9 Å². The third-order valence-electron chi connectivity index (χ3n) is 6.42. The van der Waals surface area contributed by atoms with Crippen LogP contribution in [0, 0.1) is 6.92 Å². The van der Waals surface area contributed by atoms with E-state index in [0.717, 1.165) is 28.3 Å². The first-order chi connectivity index (χ1) is 16.5. The Morgan fingerprint density at radius 2 is 2.14 bits per heavy atom. The molecule has 0 bridgehead atoms. The molecule has 13 heteroatoms. The summed E-state index contributed by atoms with van der Waals surface area (Å²) in [5, 5.41) is 12.7. The van der Waals surface area contributed by atoms with E-state index >= 15 is 0 Å². The molecule has 4 heterocycles. The molecule has 190 valence electrons. The molecule has 2 amide bonds. The first-order valence-electron chi connectivity index (χ1n) is 11.0. The molecule has 0 spiro atoms. The number of fused-ring (bicyclic) bond motifs is 1. The van der Waals surface area contributed by atoms with Crippen LogP contribution in [0.15, 0.2) is 35.9 Å². The summed E-state index contributed by atoms with van der Waals surface area (Å²) in [6.45, 7) is 2.96. The zero-order valence-corrected chi connectivity index (χ0v) is 19.8. The average Bonchev–Trinajstić information content (AvgIpc) is 3.20. The lowest BCUT2D eigenvalue weighted by molar-refractivity contribution is -0.0911. The van der Waals surface area contributed by atoms with Gasteiger partial charge in [-0.2, -0.15) is 13.2 Å². The second kappa shape index (κ2) is 9.38. The highest BCUT2D eigenvalue weighted by Gasteiger charge is 2.38. The summed E-state index contributed by atoms with van der Waals surface area (Å²) < 4.78 is 45.2. The molecule has 2 aromatic heterocycles. The molecule has 0 aromatic carbocycles. The van der Waals surface area contributed by atoms with Crippen molar-refractivity contribution in [1.29, 1.82) is 0 Å². The number of piperidine rings is 1. The zero-order valence-electron chi connectivity index (χ0n) is 19.8. The number of aromatic amines is 1. The molecule has 0 radical (unpaired) electrons. The van der Waals surface area contributed by atoms with Crippen LogP contribution in [-0.4, -0.2) is 94.7 Å². The number of allylic oxidation sites excluding steroid dienone is 2. The number of aliphatic hydroxyl groups excluding tert-OH is 1. The number of anilines is 1. The molecule has 2 aliphatic rings. The molecule has 10 nitrogen and oxygen atoms in total. The molecular weight excluding hydrogens is 467 g/mol. The highest BCUT2D eigenvalue weighted by molar-refractivity contribution is 5.77. The van der Waals surface area contributed by atoms with Crippen molar-refractivity contribution in [2.24, 2.45) is 0 Å². The van der Waals surface area contributed by atoms with Crippen molar-refractivity contribution >= 4 is 23.0 Å². The van der Waals surface area contributed by atoms with E-state index in [1.165, 1.54) is 11.9 Å². The number of rotatable bonds is 4. The number of urea groups is 1. The third-order valence-corrected chi connectivity index (χ3v) is 6.42. The lowest BCUT2D eigenvalue weighted by atomic mass is 10.0. The number of aliphatic hydroxyl groups is 1. The van der Waals surface area contributed by atoms with Crippen molar-refractivity contribution in [3.8, 4) is 0 Å². The Balaban J connectivity index is 1.46. The van der Waals surface area contributed by atoms with Crippen molar-refractivity contribution in [3.63, 3.8) is 0 Å². The number of halogens is 3.